The molecule has 6 nitrogen and oxygen atoms in total. The van der Waals surface area contributed by atoms with Gasteiger partial charge in [0.2, 0.25) is 5.91 Å². The second-order valence-corrected chi connectivity index (χ2v) is 7.57. The van der Waals surface area contributed by atoms with E-state index in [1.807, 2.05) is 0 Å². The van der Waals surface area contributed by atoms with Crippen LogP contribution in [0.1, 0.15) is 32.6 Å². The summed E-state index contributed by atoms with van der Waals surface area (Å²) in [6.45, 7) is 1.89. The van der Waals surface area contributed by atoms with Gasteiger partial charge in [0.15, 0.2) is 0 Å². The highest BCUT2D eigenvalue weighted by molar-refractivity contribution is 5.81. The number of fused-ring (bicyclic) bond motifs is 3. The molecule has 6 heteroatoms. The summed E-state index contributed by atoms with van der Waals surface area (Å²) in [6, 6.07) is 6.75. The van der Waals surface area contributed by atoms with Gasteiger partial charge in [0, 0.05) is 6.04 Å². The van der Waals surface area contributed by atoms with Gasteiger partial charge in [0.1, 0.15) is 6.54 Å². The standard InChI is InChI=1S/C19H23N3O3/c1-11(16-9-12-6-7-13(16)8-12)20-17(23)10-22-19(25)15-5-3-2-4-14(15)18(24)21-22/h2-5,11-13,16H,6-10H2,1H3,(H,20,23)(H,21,24)/t11-,12-,13-,16-/m0/s1. The van der Waals surface area contributed by atoms with E-state index in [1.165, 1.54) is 25.7 Å². The van der Waals surface area contributed by atoms with E-state index in [4.69, 9.17) is 0 Å². The number of hydrogen-bond acceptors (Lipinski definition) is 3. The number of benzene rings is 1. The van der Waals surface area contributed by atoms with Crippen LogP contribution in [0.25, 0.3) is 10.8 Å². The molecule has 2 saturated carbocycles. The van der Waals surface area contributed by atoms with Crippen molar-refractivity contribution >= 4 is 16.7 Å². The highest BCUT2D eigenvalue weighted by Gasteiger charge is 2.42. The van der Waals surface area contributed by atoms with Crippen LogP contribution in [-0.4, -0.2) is 21.7 Å². The molecule has 4 rings (SSSR count). The number of carbonyl (C=O) groups excluding carboxylic acids is 1. The van der Waals surface area contributed by atoms with Crippen LogP contribution in [0.2, 0.25) is 0 Å². The first-order chi connectivity index (χ1) is 12.0. The predicted octanol–water partition coefficient (Wildman–Crippen LogP) is 1.63. The van der Waals surface area contributed by atoms with Gasteiger partial charge in [0.25, 0.3) is 11.1 Å². The molecule has 4 atom stereocenters. The zero-order chi connectivity index (χ0) is 17.6. The van der Waals surface area contributed by atoms with Crippen LogP contribution in [0.3, 0.4) is 0 Å². The van der Waals surface area contributed by atoms with Crippen molar-refractivity contribution in [3.63, 3.8) is 0 Å². The normalized spacial score (nSPS) is 26.0. The van der Waals surface area contributed by atoms with Crippen LogP contribution in [0.4, 0.5) is 0 Å². The van der Waals surface area contributed by atoms with Crippen molar-refractivity contribution in [2.24, 2.45) is 17.8 Å². The third-order valence-electron chi connectivity index (χ3n) is 6.01. The third-order valence-corrected chi connectivity index (χ3v) is 6.01. The van der Waals surface area contributed by atoms with E-state index in [0.29, 0.717) is 16.7 Å². The van der Waals surface area contributed by atoms with Gasteiger partial charge in [0.05, 0.1) is 10.8 Å². The number of aromatic amines is 1. The average Bonchev–Trinajstić information content (AvgIpc) is 3.22. The van der Waals surface area contributed by atoms with Crippen LogP contribution in [0.5, 0.6) is 0 Å². The highest BCUT2D eigenvalue weighted by Crippen LogP contribution is 2.49. The molecule has 1 heterocycles. The van der Waals surface area contributed by atoms with E-state index in [-0.39, 0.29) is 29.6 Å². The quantitative estimate of drug-likeness (QED) is 0.886. The topological polar surface area (TPSA) is 84.0 Å². The monoisotopic (exact) mass is 341 g/mol. The molecule has 1 aromatic heterocycles. The SMILES string of the molecule is C[C@H](NC(=O)Cn1[nH]c(=O)c2ccccc2c1=O)[C@@H]1C[C@H]2CC[C@H]1C2. The molecule has 2 N–H and O–H groups in total. The van der Waals surface area contributed by atoms with Gasteiger partial charge in [-0.25, -0.2) is 4.68 Å². The average molecular weight is 341 g/mol. The number of hydrogen-bond donors (Lipinski definition) is 2. The number of nitrogens with one attached hydrogen (secondary N) is 2. The van der Waals surface area contributed by atoms with Crippen molar-refractivity contribution in [2.45, 2.75) is 45.2 Å². The molecule has 1 aromatic carbocycles. The lowest BCUT2D eigenvalue weighted by Crippen LogP contribution is -2.43. The molecular weight excluding hydrogens is 318 g/mol. The van der Waals surface area contributed by atoms with Crippen LogP contribution in [0, 0.1) is 17.8 Å². The molecule has 2 aliphatic carbocycles. The van der Waals surface area contributed by atoms with Crippen molar-refractivity contribution in [3.05, 3.63) is 45.0 Å². The summed E-state index contributed by atoms with van der Waals surface area (Å²) in [6.07, 6.45) is 5.09. The van der Waals surface area contributed by atoms with E-state index in [2.05, 4.69) is 17.3 Å². The maximum atomic E-state index is 12.5. The zero-order valence-corrected chi connectivity index (χ0v) is 14.3. The smallest absolute Gasteiger partial charge is 0.273 e. The molecule has 25 heavy (non-hydrogen) atoms. The lowest BCUT2D eigenvalue weighted by Gasteiger charge is -2.28. The van der Waals surface area contributed by atoms with E-state index < -0.39 is 0 Å². The van der Waals surface area contributed by atoms with Crippen molar-refractivity contribution in [3.8, 4) is 0 Å². The lowest BCUT2D eigenvalue weighted by molar-refractivity contribution is -0.123. The van der Waals surface area contributed by atoms with Gasteiger partial charge in [-0.15, -0.1) is 0 Å². The summed E-state index contributed by atoms with van der Waals surface area (Å²) < 4.78 is 1.10. The van der Waals surface area contributed by atoms with E-state index in [9.17, 15) is 14.4 Å². The van der Waals surface area contributed by atoms with Gasteiger partial charge in [-0.2, -0.15) is 0 Å². The predicted molar refractivity (Wildman–Crippen MR) is 95.4 cm³/mol. The van der Waals surface area contributed by atoms with Gasteiger partial charge in [-0.3, -0.25) is 19.5 Å². The Hall–Kier alpha value is -2.37. The Morgan fingerprint density at radius 1 is 1.24 bits per heavy atom. The van der Waals surface area contributed by atoms with Gasteiger partial charge in [-0.1, -0.05) is 18.6 Å². The summed E-state index contributed by atoms with van der Waals surface area (Å²) in [4.78, 5) is 37.0. The Labute approximate surface area is 145 Å². The number of nitrogens with zero attached hydrogens (tertiary/aromatic N) is 1. The molecule has 0 spiro atoms. The lowest BCUT2D eigenvalue weighted by atomic mass is 9.84. The number of carbonyl (C=O) groups is 1. The molecule has 0 aliphatic heterocycles. The second-order valence-electron chi connectivity index (χ2n) is 7.57. The highest BCUT2D eigenvalue weighted by atomic mass is 16.2. The molecular formula is C19H23N3O3. The van der Waals surface area contributed by atoms with Crippen molar-refractivity contribution < 1.29 is 4.79 Å². The number of H-pyrrole nitrogens is 1. The number of aromatic nitrogens is 2. The Bertz CT molecular complexity index is 929. The van der Waals surface area contributed by atoms with Gasteiger partial charge < -0.3 is 5.32 Å². The maximum absolute atomic E-state index is 12.5. The summed E-state index contributed by atoms with van der Waals surface area (Å²) >= 11 is 0. The summed E-state index contributed by atoms with van der Waals surface area (Å²) in [7, 11) is 0. The van der Waals surface area contributed by atoms with Crippen molar-refractivity contribution in [1.29, 1.82) is 0 Å². The minimum Gasteiger partial charge on any atom is -0.352 e. The zero-order valence-electron chi connectivity index (χ0n) is 14.3. The molecule has 0 saturated heterocycles. The first-order valence-corrected chi connectivity index (χ1v) is 9.04. The fraction of sp³-hybridized carbons (Fsp3) is 0.526. The Balaban J connectivity index is 1.49. The molecule has 2 fully saturated rings. The van der Waals surface area contributed by atoms with Gasteiger partial charge in [-0.05, 0) is 56.1 Å². The van der Waals surface area contributed by atoms with Crippen LogP contribution in [0.15, 0.2) is 33.9 Å². The minimum absolute atomic E-state index is 0.102. The summed E-state index contributed by atoms with van der Waals surface area (Å²) in [5, 5.41) is 6.22. The maximum Gasteiger partial charge on any atom is 0.273 e. The molecule has 132 valence electrons. The van der Waals surface area contributed by atoms with Crippen molar-refractivity contribution in [1.82, 2.24) is 15.1 Å². The van der Waals surface area contributed by atoms with E-state index in [1.54, 1.807) is 24.3 Å². The molecule has 2 aromatic rings. The second kappa shape index (κ2) is 6.17. The molecule has 0 radical (unpaired) electrons. The molecule has 1 amide bonds. The molecule has 0 unspecified atom stereocenters. The Morgan fingerprint density at radius 2 is 2.00 bits per heavy atom. The number of rotatable bonds is 4. The number of amides is 1. The molecule has 2 aliphatic rings. The van der Waals surface area contributed by atoms with Crippen LogP contribution in [-0.2, 0) is 11.3 Å². The van der Waals surface area contributed by atoms with Crippen LogP contribution < -0.4 is 16.4 Å². The Morgan fingerprint density at radius 3 is 2.68 bits per heavy atom. The fourth-order valence-electron chi connectivity index (χ4n) is 4.81. The Kier molecular flexibility index (Phi) is 3.98. The summed E-state index contributed by atoms with van der Waals surface area (Å²) in [5.74, 6) is 1.86. The summed E-state index contributed by atoms with van der Waals surface area (Å²) in [5.41, 5.74) is -0.706. The largest absolute Gasteiger partial charge is 0.352 e. The van der Waals surface area contributed by atoms with Crippen LogP contribution >= 0.6 is 0 Å². The molecule has 2 bridgehead atoms. The minimum atomic E-state index is -0.357. The van der Waals surface area contributed by atoms with E-state index in [0.717, 1.165) is 16.5 Å². The third kappa shape index (κ3) is 2.90. The van der Waals surface area contributed by atoms with E-state index >= 15 is 0 Å². The van der Waals surface area contributed by atoms with Crippen molar-refractivity contribution in [2.75, 3.05) is 0 Å². The van der Waals surface area contributed by atoms with Gasteiger partial charge >= 0.3 is 0 Å². The first kappa shape index (κ1) is 16.1. The first-order valence-electron chi connectivity index (χ1n) is 9.04. The fourth-order valence-corrected chi connectivity index (χ4v) is 4.81.